The van der Waals surface area contributed by atoms with Crippen LogP contribution in [0.5, 0.6) is 0 Å². The van der Waals surface area contributed by atoms with Gasteiger partial charge in [0.1, 0.15) is 6.04 Å². The molecule has 0 radical (unpaired) electrons. The zero-order chi connectivity index (χ0) is 21.2. The standard InChI is InChI=1S/C21H25N3O4S/c1-14-9-10-18(12-15(14)2)29(27,28)23-17-7-4-6-16(13-17)21(26)24-11-5-8-19(24)20(25)22-3/h4,6-7,9-10,12-13,19,23H,5,8,11H2,1-3H3,(H,22,25). The quantitative estimate of drug-likeness (QED) is 0.784. The Kier molecular flexibility index (Phi) is 5.93. The third-order valence-electron chi connectivity index (χ3n) is 5.21. The van der Waals surface area contributed by atoms with Crippen molar-refractivity contribution in [1.29, 1.82) is 0 Å². The molecule has 2 aromatic carbocycles. The Morgan fingerprint density at radius 2 is 1.83 bits per heavy atom. The van der Waals surface area contributed by atoms with Gasteiger partial charge in [-0.1, -0.05) is 12.1 Å². The van der Waals surface area contributed by atoms with Crippen LogP contribution in [-0.4, -0.2) is 44.8 Å². The van der Waals surface area contributed by atoms with Crippen LogP contribution in [-0.2, 0) is 14.8 Å². The predicted molar refractivity (Wildman–Crippen MR) is 111 cm³/mol. The van der Waals surface area contributed by atoms with E-state index in [1.54, 1.807) is 43.4 Å². The molecule has 2 aromatic rings. The molecule has 7 nitrogen and oxygen atoms in total. The van der Waals surface area contributed by atoms with Crippen LogP contribution in [0.4, 0.5) is 5.69 Å². The van der Waals surface area contributed by atoms with Gasteiger partial charge >= 0.3 is 0 Å². The van der Waals surface area contributed by atoms with Crippen LogP contribution in [0.15, 0.2) is 47.4 Å². The average molecular weight is 416 g/mol. The number of hydrogen-bond acceptors (Lipinski definition) is 4. The Hall–Kier alpha value is -2.87. The molecule has 0 saturated carbocycles. The monoisotopic (exact) mass is 415 g/mol. The number of benzene rings is 2. The zero-order valence-corrected chi connectivity index (χ0v) is 17.5. The molecule has 1 unspecified atom stereocenters. The van der Waals surface area contributed by atoms with E-state index in [9.17, 15) is 18.0 Å². The summed E-state index contributed by atoms with van der Waals surface area (Å²) in [5, 5.41) is 2.59. The van der Waals surface area contributed by atoms with E-state index < -0.39 is 16.1 Å². The lowest BCUT2D eigenvalue weighted by Crippen LogP contribution is -2.44. The van der Waals surface area contributed by atoms with Crippen molar-refractivity contribution < 1.29 is 18.0 Å². The summed E-state index contributed by atoms with van der Waals surface area (Å²) in [6.07, 6.45) is 1.37. The predicted octanol–water partition coefficient (Wildman–Crippen LogP) is 2.45. The van der Waals surface area contributed by atoms with Crippen LogP contribution < -0.4 is 10.0 Å². The molecule has 0 spiro atoms. The Bertz CT molecular complexity index is 1050. The van der Waals surface area contributed by atoms with Gasteiger partial charge in [-0.25, -0.2) is 8.42 Å². The van der Waals surface area contributed by atoms with Crippen LogP contribution in [0.3, 0.4) is 0 Å². The zero-order valence-electron chi connectivity index (χ0n) is 16.7. The van der Waals surface area contributed by atoms with Gasteiger partial charge in [0.2, 0.25) is 5.91 Å². The minimum Gasteiger partial charge on any atom is -0.357 e. The highest BCUT2D eigenvalue weighted by atomic mass is 32.2. The van der Waals surface area contributed by atoms with Crippen LogP contribution in [0.2, 0.25) is 0 Å². The van der Waals surface area contributed by atoms with Crippen LogP contribution in [0.1, 0.15) is 34.3 Å². The number of aryl methyl sites for hydroxylation is 2. The fourth-order valence-electron chi connectivity index (χ4n) is 3.43. The highest BCUT2D eigenvalue weighted by Crippen LogP contribution is 2.23. The summed E-state index contributed by atoms with van der Waals surface area (Å²) in [5.74, 6) is -0.481. The first-order valence-corrected chi connectivity index (χ1v) is 10.9. The molecule has 29 heavy (non-hydrogen) atoms. The molecule has 8 heteroatoms. The Morgan fingerprint density at radius 1 is 1.07 bits per heavy atom. The largest absolute Gasteiger partial charge is 0.357 e. The maximum atomic E-state index is 12.9. The van der Waals surface area contributed by atoms with Gasteiger partial charge in [-0.15, -0.1) is 0 Å². The molecular weight excluding hydrogens is 390 g/mol. The van der Waals surface area contributed by atoms with Gasteiger partial charge in [-0.3, -0.25) is 14.3 Å². The van der Waals surface area contributed by atoms with Crippen molar-refractivity contribution in [2.75, 3.05) is 18.3 Å². The number of nitrogens with zero attached hydrogens (tertiary/aromatic N) is 1. The summed E-state index contributed by atoms with van der Waals surface area (Å²) in [6, 6.07) is 10.8. The second-order valence-electron chi connectivity index (χ2n) is 7.20. The lowest BCUT2D eigenvalue weighted by molar-refractivity contribution is -0.124. The Morgan fingerprint density at radius 3 is 2.52 bits per heavy atom. The van der Waals surface area contributed by atoms with Crippen molar-refractivity contribution in [2.45, 2.75) is 37.6 Å². The van der Waals surface area contributed by atoms with Gasteiger partial charge in [0.25, 0.3) is 15.9 Å². The molecule has 1 aliphatic rings. The van der Waals surface area contributed by atoms with E-state index in [0.29, 0.717) is 24.2 Å². The molecule has 2 amide bonds. The van der Waals surface area contributed by atoms with Crippen molar-refractivity contribution in [3.05, 3.63) is 59.2 Å². The first-order valence-electron chi connectivity index (χ1n) is 9.45. The molecule has 1 atom stereocenters. The summed E-state index contributed by atoms with van der Waals surface area (Å²) >= 11 is 0. The van der Waals surface area contributed by atoms with Gasteiger partial charge in [0, 0.05) is 24.8 Å². The van der Waals surface area contributed by atoms with E-state index in [-0.39, 0.29) is 16.7 Å². The summed E-state index contributed by atoms with van der Waals surface area (Å²) in [6.45, 7) is 4.26. The van der Waals surface area contributed by atoms with E-state index in [4.69, 9.17) is 0 Å². The van der Waals surface area contributed by atoms with Crippen LogP contribution in [0, 0.1) is 13.8 Å². The average Bonchev–Trinajstić information content (AvgIpc) is 3.18. The number of anilines is 1. The van der Waals surface area contributed by atoms with Gasteiger partial charge in [0.05, 0.1) is 4.90 Å². The number of hydrogen-bond donors (Lipinski definition) is 2. The summed E-state index contributed by atoms with van der Waals surface area (Å²) in [5.41, 5.74) is 2.52. The molecule has 0 aliphatic carbocycles. The smallest absolute Gasteiger partial charge is 0.261 e. The van der Waals surface area contributed by atoms with E-state index in [0.717, 1.165) is 17.5 Å². The van der Waals surface area contributed by atoms with Gasteiger partial charge in [0.15, 0.2) is 0 Å². The molecule has 1 heterocycles. The second kappa shape index (κ2) is 8.24. The van der Waals surface area contributed by atoms with E-state index in [2.05, 4.69) is 10.0 Å². The van der Waals surface area contributed by atoms with Crippen molar-refractivity contribution in [2.24, 2.45) is 0 Å². The van der Waals surface area contributed by atoms with Gasteiger partial charge < -0.3 is 10.2 Å². The Labute approximate surface area is 171 Å². The molecule has 1 saturated heterocycles. The number of sulfonamides is 1. The SMILES string of the molecule is CNC(=O)C1CCCN1C(=O)c1cccc(NS(=O)(=O)c2ccc(C)c(C)c2)c1. The lowest BCUT2D eigenvalue weighted by atomic mass is 10.1. The van der Waals surface area contributed by atoms with Crippen molar-refractivity contribution in [1.82, 2.24) is 10.2 Å². The summed E-state index contributed by atoms with van der Waals surface area (Å²) in [7, 11) is -2.23. The number of likely N-dealkylation sites (N-methyl/N-ethyl adjacent to an activating group) is 1. The third-order valence-corrected chi connectivity index (χ3v) is 6.59. The van der Waals surface area contributed by atoms with E-state index in [1.807, 2.05) is 13.8 Å². The first kappa shape index (κ1) is 20.9. The maximum absolute atomic E-state index is 12.9. The maximum Gasteiger partial charge on any atom is 0.261 e. The first-order chi connectivity index (χ1) is 13.7. The topological polar surface area (TPSA) is 95.6 Å². The molecular formula is C21H25N3O4S. The number of carbonyl (C=O) groups is 2. The Balaban J connectivity index is 1.83. The molecule has 2 N–H and O–H groups in total. The number of nitrogens with one attached hydrogen (secondary N) is 2. The second-order valence-corrected chi connectivity index (χ2v) is 8.89. The highest BCUT2D eigenvalue weighted by Gasteiger charge is 2.34. The minimum absolute atomic E-state index is 0.163. The van der Waals surface area contributed by atoms with E-state index in [1.165, 1.54) is 11.0 Å². The number of likely N-dealkylation sites (tertiary alicyclic amines) is 1. The van der Waals surface area contributed by atoms with Crippen molar-refractivity contribution in [3.63, 3.8) is 0 Å². The fraction of sp³-hybridized carbons (Fsp3) is 0.333. The van der Waals surface area contributed by atoms with Crippen LogP contribution in [0.25, 0.3) is 0 Å². The third kappa shape index (κ3) is 4.42. The number of carbonyl (C=O) groups excluding carboxylic acids is 2. The lowest BCUT2D eigenvalue weighted by Gasteiger charge is -2.23. The minimum atomic E-state index is -3.78. The van der Waals surface area contributed by atoms with Gasteiger partial charge in [-0.2, -0.15) is 0 Å². The fourth-order valence-corrected chi connectivity index (χ4v) is 4.56. The molecule has 3 rings (SSSR count). The van der Waals surface area contributed by atoms with Gasteiger partial charge in [-0.05, 0) is 68.1 Å². The van der Waals surface area contributed by atoms with Crippen LogP contribution >= 0.6 is 0 Å². The molecule has 1 aliphatic heterocycles. The molecule has 0 aromatic heterocycles. The molecule has 1 fully saturated rings. The molecule has 154 valence electrons. The normalized spacial score (nSPS) is 16.5. The highest BCUT2D eigenvalue weighted by molar-refractivity contribution is 7.92. The van der Waals surface area contributed by atoms with Crippen molar-refractivity contribution in [3.8, 4) is 0 Å². The molecule has 0 bridgehead atoms. The summed E-state index contributed by atoms with van der Waals surface area (Å²) in [4.78, 5) is 26.6. The summed E-state index contributed by atoms with van der Waals surface area (Å²) < 4.78 is 28.0. The van der Waals surface area contributed by atoms with E-state index >= 15 is 0 Å². The number of amides is 2. The number of rotatable bonds is 5. The van der Waals surface area contributed by atoms with Crippen molar-refractivity contribution >= 4 is 27.5 Å².